The van der Waals surface area contributed by atoms with Crippen molar-refractivity contribution < 1.29 is 0 Å². The molecule has 3 nitrogen and oxygen atoms in total. The predicted molar refractivity (Wildman–Crippen MR) is 91.9 cm³/mol. The van der Waals surface area contributed by atoms with Crippen molar-refractivity contribution in [1.29, 1.82) is 0 Å². The molecule has 0 unspecified atom stereocenters. The average Bonchev–Trinajstić information content (AvgIpc) is 2.86. The van der Waals surface area contributed by atoms with Crippen LogP contribution >= 0.6 is 23.6 Å². The van der Waals surface area contributed by atoms with E-state index in [4.69, 9.17) is 12.2 Å². The van der Waals surface area contributed by atoms with Gasteiger partial charge in [0.2, 0.25) is 0 Å². The summed E-state index contributed by atoms with van der Waals surface area (Å²) in [4.78, 5) is 16.7. The van der Waals surface area contributed by atoms with Gasteiger partial charge in [-0.05, 0) is 49.7 Å². The summed E-state index contributed by atoms with van der Waals surface area (Å²) in [6, 6.07) is 6.30. The second kappa shape index (κ2) is 5.24. The van der Waals surface area contributed by atoms with E-state index in [2.05, 4.69) is 37.0 Å². The van der Waals surface area contributed by atoms with Crippen molar-refractivity contribution >= 4 is 33.8 Å². The van der Waals surface area contributed by atoms with Crippen molar-refractivity contribution in [3.05, 3.63) is 49.8 Å². The van der Waals surface area contributed by atoms with Crippen LogP contribution < -0.4 is 5.56 Å². The molecule has 0 atom stereocenters. The largest absolute Gasteiger partial charge is 0.323 e. The zero-order valence-electron chi connectivity index (χ0n) is 12.2. The second-order valence-electron chi connectivity index (χ2n) is 5.13. The average molecular weight is 316 g/mol. The number of aromatic nitrogens is 2. The van der Waals surface area contributed by atoms with E-state index in [1.54, 1.807) is 4.57 Å². The molecule has 3 aromatic rings. The maximum atomic E-state index is 12.7. The van der Waals surface area contributed by atoms with Gasteiger partial charge in [-0.3, -0.25) is 9.36 Å². The molecule has 0 saturated carbocycles. The number of H-pyrrole nitrogens is 1. The van der Waals surface area contributed by atoms with Gasteiger partial charge in [0.05, 0.1) is 5.39 Å². The summed E-state index contributed by atoms with van der Waals surface area (Å²) in [5.74, 6) is 0. The molecular weight excluding hydrogens is 300 g/mol. The van der Waals surface area contributed by atoms with Gasteiger partial charge in [-0.2, -0.15) is 0 Å². The fourth-order valence-corrected chi connectivity index (χ4v) is 3.80. The van der Waals surface area contributed by atoms with Crippen LogP contribution in [0.5, 0.6) is 0 Å². The highest BCUT2D eigenvalue weighted by molar-refractivity contribution is 7.71. The van der Waals surface area contributed by atoms with E-state index in [1.165, 1.54) is 22.5 Å². The van der Waals surface area contributed by atoms with Crippen molar-refractivity contribution in [3.63, 3.8) is 0 Å². The number of hydrogen-bond donors (Lipinski definition) is 1. The molecule has 0 saturated heterocycles. The maximum Gasteiger partial charge on any atom is 0.263 e. The molecule has 108 valence electrons. The molecule has 21 heavy (non-hydrogen) atoms. The van der Waals surface area contributed by atoms with Gasteiger partial charge >= 0.3 is 0 Å². The van der Waals surface area contributed by atoms with E-state index in [1.807, 2.05) is 12.3 Å². The molecule has 1 aromatic carbocycles. The number of benzene rings is 1. The van der Waals surface area contributed by atoms with E-state index >= 15 is 0 Å². The Morgan fingerprint density at radius 2 is 2.05 bits per heavy atom. The Balaban J connectivity index is 2.36. The standard InChI is InChI=1S/C16H16N2OS2/c1-4-18-15(19)13-12(8-21-14(13)17-16(18)20)11-6-5-9(2)10(3)7-11/h5-8H,4H2,1-3H3,(H,17,20). The number of rotatable bonds is 2. The number of thiophene rings is 1. The summed E-state index contributed by atoms with van der Waals surface area (Å²) in [6.45, 7) is 6.68. The Morgan fingerprint density at radius 1 is 1.29 bits per heavy atom. The first kappa shape index (κ1) is 14.2. The molecule has 0 aliphatic rings. The van der Waals surface area contributed by atoms with E-state index in [0.29, 0.717) is 11.3 Å². The number of aromatic amines is 1. The highest BCUT2D eigenvalue weighted by Gasteiger charge is 2.13. The van der Waals surface area contributed by atoms with Gasteiger partial charge in [0, 0.05) is 17.5 Å². The van der Waals surface area contributed by atoms with Gasteiger partial charge in [0.1, 0.15) is 4.83 Å². The SMILES string of the molecule is CCn1c(=S)[nH]c2scc(-c3ccc(C)c(C)c3)c2c1=O. The molecular formula is C16H16N2OS2. The molecule has 0 aliphatic carbocycles. The number of fused-ring (bicyclic) bond motifs is 1. The molecule has 0 spiro atoms. The zero-order valence-corrected chi connectivity index (χ0v) is 13.8. The Bertz CT molecular complexity index is 947. The first-order valence-electron chi connectivity index (χ1n) is 6.85. The first-order valence-corrected chi connectivity index (χ1v) is 8.13. The monoisotopic (exact) mass is 316 g/mol. The Hall–Kier alpha value is -1.72. The molecule has 3 rings (SSSR count). The Kier molecular flexibility index (Phi) is 3.55. The lowest BCUT2D eigenvalue weighted by atomic mass is 10.0. The topological polar surface area (TPSA) is 37.8 Å². The smallest absolute Gasteiger partial charge is 0.263 e. The summed E-state index contributed by atoms with van der Waals surface area (Å²) < 4.78 is 2.10. The number of aryl methyl sites for hydroxylation is 2. The van der Waals surface area contributed by atoms with Crippen LogP contribution in [0.25, 0.3) is 21.3 Å². The molecule has 1 N–H and O–H groups in total. The Morgan fingerprint density at radius 3 is 2.71 bits per heavy atom. The van der Waals surface area contributed by atoms with E-state index in [-0.39, 0.29) is 5.56 Å². The lowest BCUT2D eigenvalue weighted by molar-refractivity contribution is 0.706. The summed E-state index contributed by atoms with van der Waals surface area (Å²) >= 11 is 6.77. The van der Waals surface area contributed by atoms with E-state index in [9.17, 15) is 4.79 Å². The fraction of sp³-hybridized carbons (Fsp3) is 0.250. The summed E-state index contributed by atoms with van der Waals surface area (Å²) in [6.07, 6.45) is 0. The van der Waals surface area contributed by atoms with Gasteiger partial charge in [-0.25, -0.2) is 0 Å². The number of nitrogens with zero attached hydrogens (tertiary/aromatic N) is 1. The highest BCUT2D eigenvalue weighted by atomic mass is 32.1. The molecule has 0 bridgehead atoms. The van der Waals surface area contributed by atoms with Crippen molar-refractivity contribution in [2.75, 3.05) is 0 Å². The third kappa shape index (κ3) is 2.26. The van der Waals surface area contributed by atoms with Gasteiger partial charge < -0.3 is 4.98 Å². The molecule has 2 heterocycles. The molecule has 0 aliphatic heterocycles. The number of nitrogens with one attached hydrogen (secondary N) is 1. The summed E-state index contributed by atoms with van der Waals surface area (Å²) in [5.41, 5.74) is 4.53. The normalized spacial score (nSPS) is 11.2. The van der Waals surface area contributed by atoms with Gasteiger partial charge in [0.15, 0.2) is 4.77 Å². The van der Waals surface area contributed by atoms with Gasteiger partial charge in [-0.15, -0.1) is 11.3 Å². The van der Waals surface area contributed by atoms with Gasteiger partial charge in [0.25, 0.3) is 5.56 Å². The van der Waals surface area contributed by atoms with Crippen molar-refractivity contribution in [2.45, 2.75) is 27.3 Å². The summed E-state index contributed by atoms with van der Waals surface area (Å²) in [5, 5.41) is 2.76. The van der Waals surface area contributed by atoms with Crippen LogP contribution in [0.2, 0.25) is 0 Å². The lowest BCUT2D eigenvalue weighted by Crippen LogP contribution is -2.20. The van der Waals surface area contributed by atoms with Crippen LogP contribution in [-0.2, 0) is 6.54 Å². The molecule has 5 heteroatoms. The van der Waals surface area contributed by atoms with Crippen molar-refractivity contribution in [3.8, 4) is 11.1 Å². The van der Waals surface area contributed by atoms with Crippen LogP contribution in [-0.4, -0.2) is 9.55 Å². The summed E-state index contributed by atoms with van der Waals surface area (Å²) in [7, 11) is 0. The van der Waals surface area contributed by atoms with Crippen LogP contribution in [0, 0.1) is 18.6 Å². The van der Waals surface area contributed by atoms with Crippen LogP contribution in [0.1, 0.15) is 18.1 Å². The minimum atomic E-state index is -0.00859. The second-order valence-corrected chi connectivity index (χ2v) is 6.40. The third-order valence-electron chi connectivity index (χ3n) is 3.85. The quantitative estimate of drug-likeness (QED) is 0.710. The Labute approximate surface area is 131 Å². The zero-order chi connectivity index (χ0) is 15.1. The predicted octanol–water partition coefficient (Wildman–Crippen LogP) is 4.42. The fourth-order valence-electron chi connectivity index (χ4n) is 2.46. The van der Waals surface area contributed by atoms with Crippen molar-refractivity contribution in [2.24, 2.45) is 0 Å². The molecule has 0 radical (unpaired) electrons. The van der Waals surface area contributed by atoms with Crippen LogP contribution in [0.15, 0.2) is 28.4 Å². The maximum absolute atomic E-state index is 12.7. The lowest BCUT2D eigenvalue weighted by Gasteiger charge is -2.06. The van der Waals surface area contributed by atoms with Crippen LogP contribution in [0.3, 0.4) is 0 Å². The number of hydrogen-bond acceptors (Lipinski definition) is 3. The van der Waals surface area contributed by atoms with E-state index in [0.717, 1.165) is 21.3 Å². The first-order chi connectivity index (χ1) is 10.0. The van der Waals surface area contributed by atoms with E-state index < -0.39 is 0 Å². The molecule has 0 fully saturated rings. The van der Waals surface area contributed by atoms with Gasteiger partial charge in [-0.1, -0.05) is 18.2 Å². The molecule has 2 aromatic heterocycles. The van der Waals surface area contributed by atoms with Crippen molar-refractivity contribution in [1.82, 2.24) is 9.55 Å². The third-order valence-corrected chi connectivity index (χ3v) is 5.07. The highest BCUT2D eigenvalue weighted by Crippen LogP contribution is 2.31. The molecule has 0 amide bonds. The minimum absolute atomic E-state index is 0.00859. The minimum Gasteiger partial charge on any atom is -0.323 e. The van der Waals surface area contributed by atoms with Crippen LogP contribution in [0.4, 0.5) is 0 Å².